The van der Waals surface area contributed by atoms with E-state index in [1.54, 1.807) is 11.2 Å². The number of fused-ring (bicyclic) bond motifs is 1. The molecule has 1 aliphatic rings. The molecular weight excluding hydrogens is 240 g/mol. The second kappa shape index (κ2) is 4.80. The lowest BCUT2D eigenvalue weighted by Gasteiger charge is -2.18. The first kappa shape index (κ1) is 11.8. The second-order valence-electron chi connectivity index (χ2n) is 4.73. The summed E-state index contributed by atoms with van der Waals surface area (Å²) < 4.78 is 5.24. The van der Waals surface area contributed by atoms with Crippen LogP contribution in [0.1, 0.15) is 17.7 Å². The van der Waals surface area contributed by atoms with Crippen LogP contribution in [0.4, 0.5) is 11.4 Å². The van der Waals surface area contributed by atoms with Crippen molar-refractivity contribution >= 4 is 17.3 Å². The minimum absolute atomic E-state index is 0.105. The molecule has 0 bridgehead atoms. The summed E-state index contributed by atoms with van der Waals surface area (Å²) in [7, 11) is 0. The zero-order valence-electron chi connectivity index (χ0n) is 10.6. The molecule has 0 atom stereocenters. The number of rotatable bonds is 3. The van der Waals surface area contributed by atoms with Crippen molar-refractivity contribution in [3.05, 3.63) is 47.9 Å². The van der Waals surface area contributed by atoms with Crippen molar-refractivity contribution in [2.75, 3.05) is 17.2 Å². The Morgan fingerprint density at radius 1 is 1.32 bits per heavy atom. The van der Waals surface area contributed by atoms with E-state index < -0.39 is 0 Å². The molecule has 0 aliphatic carbocycles. The normalized spacial score (nSPS) is 13.6. The van der Waals surface area contributed by atoms with Gasteiger partial charge in [0.2, 0.25) is 5.91 Å². The zero-order chi connectivity index (χ0) is 13.2. The first-order valence-electron chi connectivity index (χ1n) is 6.46. The molecule has 2 heterocycles. The lowest BCUT2D eigenvalue weighted by Crippen LogP contribution is -2.29. The largest absolute Gasteiger partial charge is 0.469 e. The number of carbonyl (C=O) groups is 1. The van der Waals surface area contributed by atoms with Crippen LogP contribution in [0.15, 0.2) is 41.0 Å². The summed E-state index contributed by atoms with van der Waals surface area (Å²) in [6, 6.07) is 9.54. The van der Waals surface area contributed by atoms with Gasteiger partial charge in [0.05, 0.1) is 17.6 Å². The summed E-state index contributed by atoms with van der Waals surface area (Å²) >= 11 is 0. The number of furan rings is 1. The molecule has 4 nitrogen and oxygen atoms in total. The lowest BCUT2D eigenvalue weighted by molar-refractivity contribution is -0.118. The molecule has 0 saturated heterocycles. The molecule has 0 unspecified atom stereocenters. The van der Waals surface area contributed by atoms with E-state index in [0.717, 1.165) is 30.0 Å². The van der Waals surface area contributed by atoms with Gasteiger partial charge in [0.15, 0.2) is 0 Å². The highest BCUT2D eigenvalue weighted by Crippen LogP contribution is 2.34. The van der Waals surface area contributed by atoms with Crippen LogP contribution in [-0.4, -0.2) is 12.5 Å². The summed E-state index contributed by atoms with van der Waals surface area (Å²) in [6.45, 7) is 0.723. The van der Waals surface area contributed by atoms with E-state index in [0.29, 0.717) is 18.5 Å². The zero-order valence-corrected chi connectivity index (χ0v) is 10.6. The van der Waals surface area contributed by atoms with Gasteiger partial charge in [-0.25, -0.2) is 0 Å². The van der Waals surface area contributed by atoms with Gasteiger partial charge in [-0.2, -0.15) is 0 Å². The van der Waals surface area contributed by atoms with Crippen molar-refractivity contribution in [3.8, 4) is 0 Å². The second-order valence-corrected chi connectivity index (χ2v) is 4.73. The SMILES string of the molecule is Nc1cccc2c1N(C(=O)CCc1ccco1)CC2. The Morgan fingerprint density at radius 3 is 3.00 bits per heavy atom. The van der Waals surface area contributed by atoms with Gasteiger partial charge >= 0.3 is 0 Å². The number of nitrogens with two attached hydrogens (primary N) is 1. The molecule has 2 N–H and O–H groups in total. The maximum atomic E-state index is 12.3. The van der Waals surface area contributed by atoms with E-state index in [9.17, 15) is 4.79 Å². The first-order chi connectivity index (χ1) is 9.25. The lowest BCUT2D eigenvalue weighted by atomic mass is 10.1. The fraction of sp³-hybridized carbons (Fsp3) is 0.267. The molecule has 1 aromatic carbocycles. The predicted octanol–water partition coefficient (Wildman–Crippen LogP) is 2.38. The van der Waals surface area contributed by atoms with E-state index in [4.69, 9.17) is 10.2 Å². The van der Waals surface area contributed by atoms with Gasteiger partial charge in [0, 0.05) is 19.4 Å². The van der Waals surface area contributed by atoms with Crippen LogP contribution in [0, 0.1) is 0 Å². The molecule has 4 heteroatoms. The maximum Gasteiger partial charge on any atom is 0.227 e. The van der Waals surface area contributed by atoms with Crippen molar-refractivity contribution < 1.29 is 9.21 Å². The highest BCUT2D eigenvalue weighted by Gasteiger charge is 2.26. The molecule has 0 saturated carbocycles. The standard InChI is InChI=1S/C15H16N2O2/c16-13-5-1-3-11-8-9-17(15(11)13)14(18)7-6-12-4-2-10-19-12/h1-5,10H,6-9,16H2. The number of para-hydroxylation sites is 1. The van der Waals surface area contributed by atoms with Gasteiger partial charge in [-0.3, -0.25) is 4.79 Å². The average molecular weight is 256 g/mol. The van der Waals surface area contributed by atoms with E-state index >= 15 is 0 Å². The number of hydrogen-bond acceptors (Lipinski definition) is 3. The third-order valence-electron chi connectivity index (χ3n) is 3.49. The summed E-state index contributed by atoms with van der Waals surface area (Å²) in [5, 5.41) is 0. The van der Waals surface area contributed by atoms with E-state index in [-0.39, 0.29) is 5.91 Å². The van der Waals surface area contributed by atoms with Crippen molar-refractivity contribution in [1.82, 2.24) is 0 Å². The Morgan fingerprint density at radius 2 is 2.21 bits per heavy atom. The summed E-state index contributed by atoms with van der Waals surface area (Å²) in [5.41, 5.74) is 8.71. The number of nitrogens with zero attached hydrogens (tertiary/aromatic N) is 1. The fourth-order valence-corrected chi connectivity index (χ4v) is 2.56. The van der Waals surface area contributed by atoms with Gasteiger partial charge in [0.25, 0.3) is 0 Å². The highest BCUT2D eigenvalue weighted by atomic mass is 16.3. The molecule has 3 rings (SSSR count). The topological polar surface area (TPSA) is 59.5 Å². The smallest absolute Gasteiger partial charge is 0.227 e. The maximum absolute atomic E-state index is 12.3. The third-order valence-corrected chi connectivity index (χ3v) is 3.49. The van der Waals surface area contributed by atoms with Gasteiger partial charge in [-0.1, -0.05) is 12.1 Å². The van der Waals surface area contributed by atoms with Crippen LogP contribution >= 0.6 is 0 Å². The molecule has 1 aromatic heterocycles. The number of carbonyl (C=O) groups excluding carboxylic acids is 1. The average Bonchev–Trinajstić information content (AvgIpc) is 3.05. The third kappa shape index (κ3) is 2.21. The van der Waals surface area contributed by atoms with E-state index in [2.05, 4.69) is 0 Å². The Hall–Kier alpha value is -2.23. The summed E-state index contributed by atoms with van der Waals surface area (Å²) in [5.74, 6) is 0.946. The van der Waals surface area contributed by atoms with Crippen molar-refractivity contribution in [2.45, 2.75) is 19.3 Å². The van der Waals surface area contributed by atoms with Crippen LogP contribution in [0.5, 0.6) is 0 Å². The van der Waals surface area contributed by atoms with Gasteiger partial charge in [-0.15, -0.1) is 0 Å². The van der Waals surface area contributed by atoms with E-state index in [1.165, 1.54) is 0 Å². The molecule has 2 aromatic rings. The molecule has 98 valence electrons. The number of nitrogen functional groups attached to an aromatic ring is 1. The van der Waals surface area contributed by atoms with Crippen LogP contribution < -0.4 is 10.6 Å². The van der Waals surface area contributed by atoms with E-state index in [1.807, 2.05) is 30.3 Å². The van der Waals surface area contributed by atoms with Crippen molar-refractivity contribution in [2.24, 2.45) is 0 Å². The summed E-state index contributed by atoms with van der Waals surface area (Å²) in [4.78, 5) is 14.1. The van der Waals surface area contributed by atoms with Crippen LogP contribution in [0.25, 0.3) is 0 Å². The minimum atomic E-state index is 0.105. The molecular formula is C15H16N2O2. The van der Waals surface area contributed by atoms with Crippen molar-refractivity contribution in [3.63, 3.8) is 0 Å². The fourth-order valence-electron chi connectivity index (χ4n) is 2.56. The Bertz CT molecular complexity index is 590. The van der Waals surface area contributed by atoms with Gasteiger partial charge in [0.1, 0.15) is 5.76 Å². The quantitative estimate of drug-likeness (QED) is 0.858. The monoisotopic (exact) mass is 256 g/mol. The molecule has 0 fully saturated rings. The Balaban J connectivity index is 1.73. The molecule has 0 radical (unpaired) electrons. The number of anilines is 2. The Kier molecular flexibility index (Phi) is 2.99. The Labute approximate surface area is 111 Å². The van der Waals surface area contributed by atoms with Gasteiger partial charge < -0.3 is 15.1 Å². The minimum Gasteiger partial charge on any atom is -0.469 e. The number of amides is 1. The van der Waals surface area contributed by atoms with Crippen LogP contribution in [0.3, 0.4) is 0 Å². The molecule has 1 amide bonds. The summed E-state index contributed by atoms with van der Waals surface area (Å²) in [6.07, 6.45) is 3.58. The van der Waals surface area contributed by atoms with Crippen molar-refractivity contribution in [1.29, 1.82) is 0 Å². The van der Waals surface area contributed by atoms with Crippen LogP contribution in [0.2, 0.25) is 0 Å². The number of hydrogen-bond donors (Lipinski definition) is 1. The number of benzene rings is 1. The van der Waals surface area contributed by atoms with Gasteiger partial charge in [-0.05, 0) is 30.2 Å². The molecule has 19 heavy (non-hydrogen) atoms. The molecule has 1 aliphatic heterocycles. The number of aryl methyl sites for hydroxylation is 1. The van der Waals surface area contributed by atoms with Crippen LogP contribution in [-0.2, 0) is 17.6 Å². The highest BCUT2D eigenvalue weighted by molar-refractivity contribution is 5.98. The first-order valence-corrected chi connectivity index (χ1v) is 6.46. The predicted molar refractivity (Wildman–Crippen MR) is 73.9 cm³/mol. The molecule has 0 spiro atoms.